The van der Waals surface area contributed by atoms with Crippen LogP contribution in [-0.2, 0) is 14.3 Å². The number of hydrogen-bond acceptors (Lipinski definition) is 8. The van der Waals surface area contributed by atoms with Crippen LogP contribution in [0.2, 0.25) is 0 Å². The molecule has 1 aliphatic rings. The van der Waals surface area contributed by atoms with Crippen LogP contribution in [0.15, 0.2) is 0 Å². The third-order valence-corrected chi connectivity index (χ3v) is 6.33. The maximum Gasteiger partial charge on any atom is 0.237 e. The number of alkyl halides is 1. The Morgan fingerprint density at radius 3 is 2.55 bits per heavy atom. The standard InChI is InChI=1S/C19H35ClN2O6S/c1-11(20)15(18(27)28-19(29-3)16(25)12(2)24)22-17(26)14-7-6-13(5-4-10-23)8-9-21-14/h10-16,18-19,21,24-25,27H,4-9H2,1-3H3,(H,22,26)/t11?,12-,13+,14?,15?,16?,18-,19?/m1/s1. The van der Waals surface area contributed by atoms with Crippen LogP contribution in [0, 0.1) is 5.92 Å². The highest BCUT2D eigenvalue weighted by atomic mass is 35.5. The van der Waals surface area contributed by atoms with Gasteiger partial charge in [-0.2, -0.15) is 0 Å². The molecule has 0 spiro atoms. The van der Waals surface area contributed by atoms with Crippen molar-refractivity contribution in [1.82, 2.24) is 10.6 Å². The van der Waals surface area contributed by atoms with Crippen molar-refractivity contribution in [1.29, 1.82) is 0 Å². The zero-order valence-corrected chi connectivity index (χ0v) is 18.9. The summed E-state index contributed by atoms with van der Waals surface area (Å²) in [6.07, 6.45) is 2.65. The van der Waals surface area contributed by atoms with Gasteiger partial charge in [0.1, 0.15) is 17.8 Å². The SMILES string of the molecule is CSC(O[C@@H](O)C(NC(=O)C1CC[C@H](CCC=O)CCN1)C(C)Cl)C(O)[C@@H](C)O. The Balaban J connectivity index is 2.67. The van der Waals surface area contributed by atoms with Gasteiger partial charge in [-0.05, 0) is 58.2 Å². The van der Waals surface area contributed by atoms with E-state index in [2.05, 4.69) is 10.6 Å². The Hall–Kier alpha value is -0.420. The predicted molar refractivity (Wildman–Crippen MR) is 114 cm³/mol. The van der Waals surface area contributed by atoms with Crippen LogP contribution in [0.3, 0.4) is 0 Å². The van der Waals surface area contributed by atoms with Crippen molar-refractivity contribution in [2.24, 2.45) is 5.92 Å². The third-order valence-electron chi connectivity index (χ3n) is 5.21. The second-order valence-corrected chi connectivity index (χ2v) is 9.18. The van der Waals surface area contributed by atoms with Crippen molar-refractivity contribution in [2.75, 3.05) is 12.8 Å². The largest absolute Gasteiger partial charge is 0.391 e. The number of carbonyl (C=O) groups is 2. The van der Waals surface area contributed by atoms with Gasteiger partial charge >= 0.3 is 0 Å². The number of aliphatic hydroxyl groups excluding tert-OH is 3. The number of amides is 1. The summed E-state index contributed by atoms with van der Waals surface area (Å²) in [5.41, 5.74) is -0.880. The highest BCUT2D eigenvalue weighted by molar-refractivity contribution is 7.99. The molecule has 1 fully saturated rings. The molecule has 0 aromatic rings. The first-order valence-electron chi connectivity index (χ1n) is 10.0. The number of nitrogens with one attached hydrogen (secondary N) is 2. The molecular weight excluding hydrogens is 420 g/mol. The average Bonchev–Trinajstić information content (AvgIpc) is 2.93. The van der Waals surface area contributed by atoms with Gasteiger partial charge in [0.25, 0.3) is 0 Å². The Kier molecular flexibility index (Phi) is 12.7. The van der Waals surface area contributed by atoms with Crippen molar-refractivity contribution in [2.45, 2.75) is 87.3 Å². The minimum Gasteiger partial charge on any atom is -0.391 e. The van der Waals surface area contributed by atoms with Gasteiger partial charge in [0, 0.05) is 6.42 Å². The summed E-state index contributed by atoms with van der Waals surface area (Å²) in [5, 5.41) is 35.4. The van der Waals surface area contributed by atoms with Gasteiger partial charge in [-0.15, -0.1) is 23.4 Å². The summed E-state index contributed by atoms with van der Waals surface area (Å²) in [4.78, 5) is 23.3. The molecular formula is C19H35ClN2O6S. The van der Waals surface area contributed by atoms with E-state index in [1.54, 1.807) is 13.2 Å². The molecule has 0 radical (unpaired) electrons. The quantitative estimate of drug-likeness (QED) is 0.165. The van der Waals surface area contributed by atoms with Crippen molar-refractivity contribution in [3.05, 3.63) is 0 Å². The molecule has 29 heavy (non-hydrogen) atoms. The number of rotatable bonds is 12. The molecule has 0 bridgehead atoms. The van der Waals surface area contributed by atoms with E-state index in [9.17, 15) is 24.9 Å². The molecule has 10 heteroatoms. The minimum atomic E-state index is -1.46. The van der Waals surface area contributed by atoms with Crippen LogP contribution < -0.4 is 10.6 Å². The van der Waals surface area contributed by atoms with E-state index >= 15 is 0 Å². The maximum absolute atomic E-state index is 12.7. The summed E-state index contributed by atoms with van der Waals surface area (Å²) in [7, 11) is 0. The minimum absolute atomic E-state index is 0.280. The lowest BCUT2D eigenvalue weighted by Crippen LogP contribution is -2.55. The molecule has 1 rings (SSSR count). The Labute approximate surface area is 182 Å². The molecule has 5 unspecified atom stereocenters. The molecule has 8 atom stereocenters. The van der Waals surface area contributed by atoms with Gasteiger partial charge < -0.3 is 35.5 Å². The number of halogens is 1. The molecule has 1 saturated heterocycles. The third kappa shape index (κ3) is 9.08. The van der Waals surface area contributed by atoms with Crippen molar-refractivity contribution < 1.29 is 29.6 Å². The second-order valence-electron chi connectivity index (χ2n) is 7.56. The number of carbonyl (C=O) groups excluding carboxylic acids is 2. The first-order chi connectivity index (χ1) is 13.7. The van der Waals surface area contributed by atoms with Gasteiger partial charge in [0.15, 0.2) is 6.29 Å². The number of aliphatic hydroxyl groups is 3. The fourth-order valence-electron chi connectivity index (χ4n) is 3.33. The lowest BCUT2D eigenvalue weighted by atomic mass is 9.94. The van der Waals surface area contributed by atoms with Crippen LogP contribution in [0.5, 0.6) is 0 Å². The van der Waals surface area contributed by atoms with E-state index in [1.807, 2.05) is 0 Å². The molecule has 170 valence electrons. The van der Waals surface area contributed by atoms with E-state index < -0.39 is 41.4 Å². The van der Waals surface area contributed by atoms with E-state index in [0.29, 0.717) is 25.3 Å². The van der Waals surface area contributed by atoms with Crippen molar-refractivity contribution in [3.63, 3.8) is 0 Å². The zero-order valence-electron chi connectivity index (χ0n) is 17.3. The summed E-state index contributed by atoms with van der Waals surface area (Å²) in [6, 6.07) is -1.31. The Morgan fingerprint density at radius 1 is 1.31 bits per heavy atom. The lowest BCUT2D eigenvalue weighted by molar-refractivity contribution is -0.165. The summed E-state index contributed by atoms with van der Waals surface area (Å²) >= 11 is 7.31. The van der Waals surface area contributed by atoms with Crippen LogP contribution in [0.25, 0.3) is 0 Å². The smallest absolute Gasteiger partial charge is 0.237 e. The molecule has 1 amide bonds. The predicted octanol–water partition coefficient (Wildman–Crippen LogP) is 0.602. The topological polar surface area (TPSA) is 128 Å². The highest BCUT2D eigenvalue weighted by Gasteiger charge is 2.34. The van der Waals surface area contributed by atoms with Crippen molar-refractivity contribution >= 4 is 35.6 Å². The molecule has 1 aliphatic heterocycles. The van der Waals surface area contributed by atoms with Gasteiger partial charge in [0.05, 0.1) is 23.6 Å². The number of thioether (sulfide) groups is 1. The van der Waals surface area contributed by atoms with Crippen molar-refractivity contribution in [3.8, 4) is 0 Å². The first-order valence-corrected chi connectivity index (χ1v) is 11.8. The number of aldehydes is 1. The number of ether oxygens (including phenoxy) is 1. The summed E-state index contributed by atoms with van der Waals surface area (Å²) in [5.74, 6) is 0.129. The summed E-state index contributed by atoms with van der Waals surface area (Å²) in [6.45, 7) is 3.73. The average molecular weight is 455 g/mol. The fraction of sp³-hybridized carbons (Fsp3) is 0.895. The van der Waals surface area contributed by atoms with Gasteiger partial charge in [0.2, 0.25) is 5.91 Å². The van der Waals surface area contributed by atoms with Gasteiger partial charge in [-0.25, -0.2) is 0 Å². The molecule has 0 aromatic heterocycles. The van der Waals surface area contributed by atoms with Crippen LogP contribution in [0.4, 0.5) is 0 Å². The fourth-order valence-corrected chi connectivity index (χ4v) is 4.25. The monoisotopic (exact) mass is 454 g/mol. The van der Waals surface area contributed by atoms with Gasteiger partial charge in [-0.3, -0.25) is 4.79 Å². The van der Waals surface area contributed by atoms with Crippen LogP contribution in [-0.4, -0.2) is 81.7 Å². The number of hydrogen-bond donors (Lipinski definition) is 5. The van der Waals surface area contributed by atoms with E-state index in [0.717, 1.165) is 37.3 Å². The molecule has 0 aliphatic carbocycles. The summed E-state index contributed by atoms with van der Waals surface area (Å²) < 4.78 is 5.48. The molecule has 1 heterocycles. The van der Waals surface area contributed by atoms with Gasteiger partial charge in [-0.1, -0.05) is 0 Å². The Bertz CT molecular complexity index is 499. The zero-order chi connectivity index (χ0) is 22.0. The highest BCUT2D eigenvalue weighted by Crippen LogP contribution is 2.22. The van der Waals surface area contributed by atoms with Crippen LogP contribution in [0.1, 0.15) is 46.0 Å². The molecule has 0 aromatic carbocycles. The Morgan fingerprint density at radius 2 is 2.00 bits per heavy atom. The van der Waals surface area contributed by atoms with E-state index in [-0.39, 0.29) is 5.91 Å². The lowest BCUT2D eigenvalue weighted by Gasteiger charge is -2.32. The normalized spacial score (nSPS) is 26.4. The first kappa shape index (κ1) is 26.6. The molecule has 0 saturated carbocycles. The van der Waals surface area contributed by atoms with E-state index in [4.69, 9.17) is 16.3 Å². The molecule has 5 N–H and O–H groups in total. The maximum atomic E-state index is 12.7. The van der Waals surface area contributed by atoms with Crippen LogP contribution >= 0.6 is 23.4 Å². The molecule has 8 nitrogen and oxygen atoms in total. The second kappa shape index (κ2) is 13.8. The van der Waals surface area contributed by atoms with E-state index in [1.165, 1.54) is 6.92 Å².